The fourth-order valence-electron chi connectivity index (χ4n) is 2.88. The zero-order valence-electron chi connectivity index (χ0n) is 11.7. The van der Waals surface area contributed by atoms with Crippen LogP contribution in [0.15, 0.2) is 24.3 Å². The van der Waals surface area contributed by atoms with Crippen molar-refractivity contribution < 1.29 is 26.3 Å². The average Bonchev–Trinajstić information content (AvgIpc) is 2.78. The van der Waals surface area contributed by atoms with Crippen molar-refractivity contribution in [3.63, 3.8) is 0 Å². The van der Waals surface area contributed by atoms with Crippen LogP contribution in [0.25, 0.3) is 0 Å². The SMILES string of the molecule is NC1=[N+](CCCN2CCOCC2)Cc2ccccc21.[Br-]. The molecule has 2 aliphatic rings. The van der Waals surface area contributed by atoms with Gasteiger partial charge < -0.3 is 21.7 Å². The van der Waals surface area contributed by atoms with E-state index in [1.165, 1.54) is 11.1 Å². The van der Waals surface area contributed by atoms with Gasteiger partial charge in [0.1, 0.15) is 6.54 Å². The summed E-state index contributed by atoms with van der Waals surface area (Å²) < 4.78 is 7.66. The Labute approximate surface area is 131 Å². The minimum atomic E-state index is 0. The van der Waals surface area contributed by atoms with E-state index in [2.05, 4.69) is 33.7 Å². The smallest absolute Gasteiger partial charge is 0.275 e. The molecule has 0 bridgehead atoms. The number of ether oxygens (including phenoxy) is 1. The van der Waals surface area contributed by atoms with Crippen LogP contribution in [0, 0.1) is 0 Å². The van der Waals surface area contributed by atoms with E-state index in [0.717, 1.165) is 58.2 Å². The van der Waals surface area contributed by atoms with Gasteiger partial charge in [-0.2, -0.15) is 0 Å². The van der Waals surface area contributed by atoms with Crippen LogP contribution >= 0.6 is 0 Å². The van der Waals surface area contributed by atoms with E-state index in [9.17, 15) is 0 Å². The van der Waals surface area contributed by atoms with E-state index in [0.29, 0.717) is 0 Å². The second-order valence-corrected chi connectivity index (χ2v) is 5.27. The summed E-state index contributed by atoms with van der Waals surface area (Å²) in [5, 5.41) is 0. The lowest BCUT2D eigenvalue weighted by atomic mass is 10.1. The third-order valence-electron chi connectivity index (χ3n) is 4.00. The molecule has 1 aromatic rings. The summed E-state index contributed by atoms with van der Waals surface area (Å²) in [6.45, 7) is 7.04. The monoisotopic (exact) mass is 339 g/mol. The summed E-state index contributed by atoms with van der Waals surface area (Å²) in [6, 6.07) is 8.43. The van der Waals surface area contributed by atoms with Crippen LogP contribution in [0.3, 0.4) is 0 Å². The molecule has 1 fully saturated rings. The number of nitrogens with zero attached hydrogens (tertiary/aromatic N) is 2. The summed E-state index contributed by atoms with van der Waals surface area (Å²) in [5.41, 5.74) is 8.79. The zero-order valence-corrected chi connectivity index (χ0v) is 13.3. The van der Waals surface area contributed by atoms with Crippen molar-refractivity contribution in [1.29, 1.82) is 0 Å². The van der Waals surface area contributed by atoms with Gasteiger partial charge in [0.15, 0.2) is 0 Å². The standard InChI is InChI=1S/C15H21N3O.BrH/c16-15-14-5-2-1-4-13(14)12-18(15)7-3-6-17-8-10-19-11-9-17;/h1-2,4-5,16H,3,6-12H2;1H. The third kappa shape index (κ3) is 3.40. The third-order valence-corrected chi connectivity index (χ3v) is 4.00. The molecule has 0 spiro atoms. The van der Waals surface area contributed by atoms with Crippen molar-refractivity contribution in [3.05, 3.63) is 35.4 Å². The molecule has 2 N–H and O–H groups in total. The van der Waals surface area contributed by atoms with Crippen molar-refractivity contribution in [1.82, 2.24) is 4.90 Å². The lowest BCUT2D eigenvalue weighted by Gasteiger charge is -2.26. The lowest BCUT2D eigenvalue weighted by molar-refractivity contribution is -0.540. The number of nitrogens with two attached hydrogens (primary N) is 1. The minimum Gasteiger partial charge on any atom is -1.00 e. The number of hydrogen-bond donors (Lipinski definition) is 1. The first-order valence-electron chi connectivity index (χ1n) is 7.10. The van der Waals surface area contributed by atoms with Crippen LogP contribution in [0.1, 0.15) is 17.5 Å². The van der Waals surface area contributed by atoms with Crippen LogP contribution in [0.2, 0.25) is 0 Å². The number of halogens is 1. The van der Waals surface area contributed by atoms with Crippen LogP contribution in [0.4, 0.5) is 0 Å². The van der Waals surface area contributed by atoms with Crippen molar-refractivity contribution in [3.8, 4) is 0 Å². The van der Waals surface area contributed by atoms with E-state index in [1.807, 2.05) is 0 Å². The van der Waals surface area contributed by atoms with Crippen LogP contribution in [0.5, 0.6) is 0 Å². The summed E-state index contributed by atoms with van der Waals surface area (Å²) in [6.07, 6.45) is 1.16. The predicted molar refractivity (Wildman–Crippen MR) is 75.4 cm³/mol. The van der Waals surface area contributed by atoms with E-state index in [1.54, 1.807) is 0 Å². The van der Waals surface area contributed by atoms with Crippen molar-refractivity contribution in [2.75, 3.05) is 39.4 Å². The molecule has 0 amide bonds. The number of fused-ring (bicyclic) bond motifs is 1. The van der Waals surface area contributed by atoms with Crippen LogP contribution < -0.4 is 22.7 Å². The second kappa shape index (κ2) is 7.20. The highest BCUT2D eigenvalue weighted by Crippen LogP contribution is 2.16. The topological polar surface area (TPSA) is 41.5 Å². The number of amidine groups is 1. The fourth-order valence-corrected chi connectivity index (χ4v) is 2.88. The van der Waals surface area contributed by atoms with Crippen LogP contribution in [-0.2, 0) is 11.3 Å². The Hall–Kier alpha value is -0.910. The molecule has 0 aromatic heterocycles. The minimum absolute atomic E-state index is 0. The van der Waals surface area contributed by atoms with Gasteiger partial charge in [0.05, 0.1) is 25.3 Å². The van der Waals surface area contributed by atoms with Gasteiger partial charge in [-0.1, -0.05) is 18.2 Å². The Morgan fingerprint density at radius 3 is 2.70 bits per heavy atom. The lowest BCUT2D eigenvalue weighted by Crippen LogP contribution is -3.00. The maximum Gasteiger partial charge on any atom is 0.275 e. The predicted octanol–water partition coefficient (Wildman–Crippen LogP) is -2.36. The van der Waals surface area contributed by atoms with Gasteiger partial charge in [-0.15, -0.1) is 0 Å². The van der Waals surface area contributed by atoms with E-state index >= 15 is 0 Å². The highest BCUT2D eigenvalue weighted by atomic mass is 79.9. The highest BCUT2D eigenvalue weighted by molar-refractivity contribution is 5.96. The molecule has 2 aliphatic heterocycles. The van der Waals surface area contributed by atoms with E-state index in [4.69, 9.17) is 10.5 Å². The number of hydrogen-bond acceptors (Lipinski definition) is 3. The second-order valence-electron chi connectivity index (χ2n) is 5.27. The first kappa shape index (κ1) is 15.5. The Morgan fingerprint density at radius 1 is 1.20 bits per heavy atom. The van der Waals surface area contributed by atoms with Crippen molar-refractivity contribution in [2.45, 2.75) is 13.0 Å². The molecule has 2 heterocycles. The van der Waals surface area contributed by atoms with Gasteiger partial charge in [-0.3, -0.25) is 15.2 Å². The first-order valence-corrected chi connectivity index (χ1v) is 7.10. The Balaban J connectivity index is 0.00000147. The summed E-state index contributed by atoms with van der Waals surface area (Å²) in [7, 11) is 0. The molecule has 0 aliphatic carbocycles. The summed E-state index contributed by atoms with van der Waals surface area (Å²) >= 11 is 0. The van der Waals surface area contributed by atoms with Gasteiger partial charge in [0.2, 0.25) is 0 Å². The van der Waals surface area contributed by atoms with Gasteiger partial charge >= 0.3 is 0 Å². The van der Waals surface area contributed by atoms with Gasteiger partial charge in [0.25, 0.3) is 5.84 Å². The summed E-state index contributed by atoms with van der Waals surface area (Å²) in [4.78, 5) is 2.48. The van der Waals surface area contributed by atoms with Gasteiger partial charge in [-0.25, -0.2) is 0 Å². The quantitative estimate of drug-likeness (QED) is 0.624. The highest BCUT2D eigenvalue weighted by Gasteiger charge is 2.23. The average molecular weight is 340 g/mol. The van der Waals surface area contributed by atoms with Gasteiger partial charge in [-0.05, 0) is 12.5 Å². The Kier molecular flexibility index (Phi) is 5.57. The number of benzene rings is 1. The van der Waals surface area contributed by atoms with E-state index < -0.39 is 0 Å². The zero-order chi connectivity index (χ0) is 13.1. The molecule has 110 valence electrons. The van der Waals surface area contributed by atoms with Gasteiger partial charge in [0, 0.05) is 25.2 Å². The fraction of sp³-hybridized carbons (Fsp3) is 0.533. The van der Waals surface area contributed by atoms with Crippen LogP contribution in [-0.4, -0.2) is 54.7 Å². The summed E-state index contributed by atoms with van der Waals surface area (Å²) in [5.74, 6) is 0.942. The molecule has 20 heavy (non-hydrogen) atoms. The first-order chi connectivity index (χ1) is 9.34. The molecule has 4 nitrogen and oxygen atoms in total. The molecule has 0 unspecified atom stereocenters. The Bertz CT molecular complexity index is 484. The molecule has 1 saturated heterocycles. The maximum atomic E-state index is 6.22. The molecular weight excluding hydrogens is 318 g/mol. The number of morpholine rings is 1. The Morgan fingerprint density at radius 2 is 1.95 bits per heavy atom. The molecule has 0 atom stereocenters. The van der Waals surface area contributed by atoms with Crippen molar-refractivity contribution >= 4 is 5.84 Å². The maximum absolute atomic E-state index is 6.22. The number of rotatable bonds is 4. The molecule has 5 heteroatoms. The van der Waals surface area contributed by atoms with Crippen molar-refractivity contribution in [2.24, 2.45) is 5.73 Å². The molecule has 0 radical (unpaired) electrons. The molecule has 1 aromatic carbocycles. The van der Waals surface area contributed by atoms with E-state index in [-0.39, 0.29) is 17.0 Å². The largest absolute Gasteiger partial charge is 1.00 e. The molecule has 3 rings (SSSR count). The molecular formula is C15H22BrN3O. The normalized spacial score (nSPS) is 18.8. The molecule has 0 saturated carbocycles.